The topological polar surface area (TPSA) is 52.2 Å². The monoisotopic (exact) mass is 248 g/mol. The number of pyridine rings is 1. The highest BCUT2D eigenvalue weighted by atomic mass is 35.5. The molecule has 0 aromatic carbocycles. The number of hydrogen-bond acceptors (Lipinski definition) is 3. The van der Waals surface area contributed by atoms with Gasteiger partial charge in [0.1, 0.15) is 10.8 Å². The third-order valence-corrected chi connectivity index (χ3v) is 2.98. The van der Waals surface area contributed by atoms with Crippen molar-refractivity contribution in [1.82, 2.24) is 19.2 Å². The van der Waals surface area contributed by atoms with Crippen LogP contribution < -0.4 is 5.56 Å². The van der Waals surface area contributed by atoms with Gasteiger partial charge in [-0.2, -0.15) is 5.10 Å². The molecule has 0 aliphatic rings. The molecule has 0 bridgehead atoms. The molecule has 17 heavy (non-hydrogen) atoms. The first-order valence-corrected chi connectivity index (χ1v) is 5.46. The van der Waals surface area contributed by atoms with E-state index in [1.165, 1.54) is 6.20 Å². The van der Waals surface area contributed by atoms with Crippen molar-refractivity contribution in [3.63, 3.8) is 0 Å². The van der Waals surface area contributed by atoms with E-state index in [2.05, 4.69) is 10.1 Å². The summed E-state index contributed by atoms with van der Waals surface area (Å²) in [5, 5.41) is 5.21. The molecular weight excluding hydrogens is 240 g/mol. The molecule has 0 aliphatic heterocycles. The average molecular weight is 249 g/mol. The van der Waals surface area contributed by atoms with Gasteiger partial charge < -0.3 is 0 Å². The molecule has 0 amide bonds. The van der Waals surface area contributed by atoms with E-state index in [1.807, 2.05) is 13.0 Å². The maximum atomic E-state index is 12.1. The summed E-state index contributed by atoms with van der Waals surface area (Å²) in [5.74, 6) is 0. The van der Waals surface area contributed by atoms with E-state index in [0.29, 0.717) is 16.1 Å². The molecule has 86 valence electrons. The minimum Gasteiger partial charge on any atom is -0.296 e. The van der Waals surface area contributed by atoms with E-state index in [0.717, 1.165) is 11.3 Å². The zero-order valence-electron chi connectivity index (χ0n) is 9.31. The lowest BCUT2D eigenvalue weighted by Crippen LogP contribution is -2.19. The van der Waals surface area contributed by atoms with Crippen LogP contribution in [0.5, 0.6) is 0 Å². The van der Waals surface area contributed by atoms with Gasteiger partial charge in [0, 0.05) is 25.4 Å². The number of hydrogen-bond donors (Lipinski definition) is 0. The van der Waals surface area contributed by atoms with E-state index in [4.69, 9.17) is 11.6 Å². The Hall–Kier alpha value is -1.88. The second-order valence-electron chi connectivity index (χ2n) is 3.94. The largest absolute Gasteiger partial charge is 0.296 e. The fourth-order valence-electron chi connectivity index (χ4n) is 1.95. The summed E-state index contributed by atoms with van der Waals surface area (Å²) in [4.78, 5) is 16.0. The Morgan fingerprint density at radius 2 is 2.12 bits per heavy atom. The molecule has 3 aromatic rings. The van der Waals surface area contributed by atoms with Crippen LogP contribution in [-0.4, -0.2) is 19.2 Å². The van der Waals surface area contributed by atoms with Crippen LogP contribution in [0.1, 0.15) is 5.69 Å². The third-order valence-electron chi connectivity index (χ3n) is 2.77. The van der Waals surface area contributed by atoms with Gasteiger partial charge in [-0.3, -0.25) is 9.36 Å². The first-order valence-electron chi connectivity index (χ1n) is 5.08. The van der Waals surface area contributed by atoms with E-state index >= 15 is 0 Å². The number of halogens is 1. The minimum absolute atomic E-state index is 0.100. The van der Waals surface area contributed by atoms with Gasteiger partial charge in [0.15, 0.2) is 0 Å². The Kier molecular flexibility index (Phi) is 2.00. The molecule has 0 unspecified atom stereocenters. The molecule has 0 aliphatic carbocycles. The van der Waals surface area contributed by atoms with Gasteiger partial charge in [-0.1, -0.05) is 11.6 Å². The highest BCUT2D eigenvalue weighted by Gasteiger charge is 2.11. The lowest BCUT2D eigenvalue weighted by atomic mass is 10.3. The molecular formula is C11H9ClN4O. The second kappa shape index (κ2) is 3.30. The Labute approximate surface area is 101 Å². The van der Waals surface area contributed by atoms with E-state index in [9.17, 15) is 4.79 Å². The molecule has 0 spiro atoms. The van der Waals surface area contributed by atoms with Crippen LogP contribution in [0.3, 0.4) is 0 Å². The summed E-state index contributed by atoms with van der Waals surface area (Å²) in [6.07, 6.45) is 1.48. The predicted molar refractivity (Wildman–Crippen MR) is 65.5 cm³/mol. The zero-order chi connectivity index (χ0) is 12.2. The van der Waals surface area contributed by atoms with E-state index < -0.39 is 0 Å². The van der Waals surface area contributed by atoms with E-state index in [1.54, 1.807) is 22.2 Å². The first kappa shape index (κ1) is 10.3. The van der Waals surface area contributed by atoms with Crippen molar-refractivity contribution in [3.05, 3.63) is 39.5 Å². The Morgan fingerprint density at radius 3 is 2.88 bits per heavy atom. The lowest BCUT2D eigenvalue weighted by Gasteiger charge is -2.05. The summed E-state index contributed by atoms with van der Waals surface area (Å²) in [5.41, 5.74) is 2.16. The standard InChI is InChI=1S/C11H9ClN4O/c1-6-3-10-15(2)11(17)7-5-13-9(12)4-8(7)16(10)14-6/h3-5H,1-2H3. The van der Waals surface area contributed by atoms with Crippen LogP contribution >= 0.6 is 11.6 Å². The van der Waals surface area contributed by atoms with Crippen LogP contribution in [0, 0.1) is 6.92 Å². The maximum Gasteiger partial charge on any atom is 0.262 e. The highest BCUT2D eigenvalue weighted by molar-refractivity contribution is 6.30. The number of rotatable bonds is 0. The molecule has 0 saturated heterocycles. The molecule has 0 saturated carbocycles. The van der Waals surface area contributed by atoms with Gasteiger partial charge in [-0.05, 0) is 6.92 Å². The number of fused-ring (bicyclic) bond motifs is 3. The fraction of sp³-hybridized carbons (Fsp3) is 0.182. The Morgan fingerprint density at radius 1 is 1.35 bits per heavy atom. The molecule has 0 fully saturated rings. The number of aromatic nitrogens is 4. The van der Waals surface area contributed by atoms with Gasteiger partial charge in [-0.25, -0.2) is 9.50 Å². The summed E-state index contributed by atoms with van der Waals surface area (Å²) in [7, 11) is 1.72. The van der Waals surface area contributed by atoms with Crippen LogP contribution in [0.4, 0.5) is 0 Å². The summed E-state index contributed by atoms with van der Waals surface area (Å²) >= 11 is 5.86. The van der Waals surface area contributed by atoms with E-state index in [-0.39, 0.29) is 5.56 Å². The average Bonchev–Trinajstić information content (AvgIpc) is 2.68. The van der Waals surface area contributed by atoms with Gasteiger partial charge in [0.2, 0.25) is 0 Å². The van der Waals surface area contributed by atoms with Crippen LogP contribution in [0.15, 0.2) is 23.1 Å². The summed E-state index contributed by atoms with van der Waals surface area (Å²) in [6.45, 7) is 1.88. The molecule has 6 heteroatoms. The lowest BCUT2D eigenvalue weighted by molar-refractivity contribution is 0.844. The van der Waals surface area contributed by atoms with Crippen molar-refractivity contribution in [2.45, 2.75) is 6.92 Å². The first-order chi connectivity index (χ1) is 8.08. The van der Waals surface area contributed by atoms with Crippen LogP contribution in [-0.2, 0) is 7.05 Å². The van der Waals surface area contributed by atoms with Gasteiger partial charge in [0.05, 0.1) is 16.6 Å². The van der Waals surface area contributed by atoms with Crippen molar-refractivity contribution in [1.29, 1.82) is 0 Å². The predicted octanol–water partition coefficient (Wildman–Crippen LogP) is 1.54. The molecule has 0 radical (unpaired) electrons. The highest BCUT2D eigenvalue weighted by Crippen LogP contribution is 2.16. The summed E-state index contributed by atoms with van der Waals surface area (Å²) in [6, 6.07) is 3.51. The molecule has 3 heterocycles. The van der Waals surface area contributed by atoms with Gasteiger partial charge in [-0.15, -0.1) is 0 Å². The van der Waals surface area contributed by atoms with Crippen LogP contribution in [0.2, 0.25) is 5.15 Å². The third kappa shape index (κ3) is 1.36. The van der Waals surface area contributed by atoms with Crippen LogP contribution in [0.25, 0.3) is 16.6 Å². The van der Waals surface area contributed by atoms with Crippen molar-refractivity contribution in [3.8, 4) is 0 Å². The fourth-order valence-corrected chi connectivity index (χ4v) is 2.10. The Bertz CT molecular complexity index is 802. The Balaban J connectivity index is 2.70. The molecule has 5 nitrogen and oxygen atoms in total. The minimum atomic E-state index is -0.100. The molecule has 0 N–H and O–H groups in total. The molecule has 3 aromatic heterocycles. The zero-order valence-corrected chi connectivity index (χ0v) is 10.1. The van der Waals surface area contributed by atoms with Crippen molar-refractivity contribution >= 4 is 28.2 Å². The SMILES string of the molecule is Cc1cc2n(C)c(=O)c3cnc(Cl)cc3n2n1. The number of nitrogens with zero attached hydrogens (tertiary/aromatic N) is 4. The van der Waals surface area contributed by atoms with Gasteiger partial charge in [0.25, 0.3) is 5.56 Å². The number of aryl methyl sites for hydroxylation is 2. The van der Waals surface area contributed by atoms with Crippen molar-refractivity contribution in [2.24, 2.45) is 7.05 Å². The maximum absolute atomic E-state index is 12.1. The second-order valence-corrected chi connectivity index (χ2v) is 4.33. The quantitative estimate of drug-likeness (QED) is 0.567. The summed E-state index contributed by atoms with van der Waals surface area (Å²) < 4.78 is 3.26. The smallest absolute Gasteiger partial charge is 0.262 e. The molecule has 0 atom stereocenters. The van der Waals surface area contributed by atoms with Crippen molar-refractivity contribution in [2.75, 3.05) is 0 Å². The molecule has 3 rings (SSSR count). The van der Waals surface area contributed by atoms with Gasteiger partial charge >= 0.3 is 0 Å². The normalized spacial score (nSPS) is 11.5. The van der Waals surface area contributed by atoms with Crippen molar-refractivity contribution < 1.29 is 0 Å².